The van der Waals surface area contributed by atoms with E-state index >= 15 is 0 Å². The first kappa shape index (κ1) is 11.3. The summed E-state index contributed by atoms with van der Waals surface area (Å²) in [6, 6.07) is 5.12. The first-order valence-electron chi connectivity index (χ1n) is 6.08. The number of fused-ring (bicyclic) bond motifs is 1. The molecule has 0 aliphatic carbocycles. The molecule has 1 N–H and O–H groups in total. The maximum atomic E-state index is 3.58. The summed E-state index contributed by atoms with van der Waals surface area (Å²) < 4.78 is 0. The van der Waals surface area contributed by atoms with Crippen molar-refractivity contribution in [2.24, 2.45) is 5.92 Å². The topological polar surface area (TPSA) is 15.3 Å². The summed E-state index contributed by atoms with van der Waals surface area (Å²) in [5, 5.41) is 3.58. The van der Waals surface area contributed by atoms with Crippen molar-refractivity contribution in [3.63, 3.8) is 0 Å². The molecule has 88 valence electrons. The minimum Gasteiger partial charge on any atom is -0.381 e. The third-order valence-electron chi connectivity index (χ3n) is 3.59. The van der Waals surface area contributed by atoms with E-state index in [1.165, 1.54) is 22.5 Å². The lowest BCUT2D eigenvalue weighted by Gasteiger charge is -2.40. The predicted octanol–water partition coefficient (Wildman–Crippen LogP) is 3.19. The zero-order valence-corrected chi connectivity index (χ0v) is 11.0. The molecule has 0 saturated carbocycles. The molecule has 2 rings (SSSR count). The summed E-state index contributed by atoms with van der Waals surface area (Å²) in [4.78, 5) is 2.43. The molecule has 0 saturated heterocycles. The van der Waals surface area contributed by atoms with Crippen LogP contribution in [0.1, 0.15) is 25.0 Å². The van der Waals surface area contributed by atoms with E-state index in [-0.39, 0.29) is 0 Å². The van der Waals surface area contributed by atoms with Crippen LogP contribution in [0, 0.1) is 19.8 Å². The van der Waals surface area contributed by atoms with Gasteiger partial charge in [-0.1, -0.05) is 19.9 Å². The van der Waals surface area contributed by atoms with E-state index < -0.39 is 0 Å². The van der Waals surface area contributed by atoms with Crippen molar-refractivity contribution < 1.29 is 0 Å². The van der Waals surface area contributed by atoms with Gasteiger partial charge in [-0.3, -0.25) is 0 Å². The van der Waals surface area contributed by atoms with Crippen LogP contribution in [-0.2, 0) is 0 Å². The van der Waals surface area contributed by atoms with Crippen molar-refractivity contribution in [1.29, 1.82) is 0 Å². The van der Waals surface area contributed by atoms with Gasteiger partial charge in [-0.2, -0.15) is 0 Å². The van der Waals surface area contributed by atoms with Crippen LogP contribution in [0.4, 0.5) is 11.4 Å². The molecule has 0 fully saturated rings. The molecule has 0 spiro atoms. The number of hydrogen-bond donors (Lipinski definition) is 1. The van der Waals surface area contributed by atoms with Crippen molar-refractivity contribution in [3.8, 4) is 0 Å². The number of likely N-dealkylation sites (N-methyl/N-ethyl adjacent to an activating group) is 1. The third kappa shape index (κ3) is 1.77. The van der Waals surface area contributed by atoms with Gasteiger partial charge in [0.2, 0.25) is 0 Å². The lowest BCUT2D eigenvalue weighted by atomic mass is 9.97. The van der Waals surface area contributed by atoms with Gasteiger partial charge in [0.05, 0.1) is 11.4 Å². The fraction of sp³-hybridized carbons (Fsp3) is 0.571. The monoisotopic (exact) mass is 218 g/mol. The summed E-state index contributed by atoms with van der Waals surface area (Å²) in [5.41, 5.74) is 5.35. The van der Waals surface area contributed by atoms with Gasteiger partial charge in [-0.25, -0.2) is 0 Å². The van der Waals surface area contributed by atoms with Crippen molar-refractivity contribution >= 4 is 11.4 Å². The van der Waals surface area contributed by atoms with Gasteiger partial charge in [0.25, 0.3) is 0 Å². The molecule has 2 nitrogen and oxygen atoms in total. The summed E-state index contributed by atoms with van der Waals surface area (Å²) in [6.45, 7) is 9.97. The first-order valence-corrected chi connectivity index (χ1v) is 6.08. The van der Waals surface area contributed by atoms with E-state index in [1.807, 2.05) is 0 Å². The van der Waals surface area contributed by atoms with E-state index in [0.29, 0.717) is 12.0 Å². The fourth-order valence-electron chi connectivity index (χ4n) is 2.66. The summed E-state index contributed by atoms with van der Waals surface area (Å²) in [7, 11) is 2.21. The van der Waals surface area contributed by atoms with Crippen molar-refractivity contribution in [1.82, 2.24) is 0 Å². The van der Waals surface area contributed by atoms with Crippen molar-refractivity contribution in [2.45, 2.75) is 33.7 Å². The predicted molar refractivity (Wildman–Crippen MR) is 71.4 cm³/mol. The second kappa shape index (κ2) is 4.00. The molecule has 16 heavy (non-hydrogen) atoms. The van der Waals surface area contributed by atoms with Gasteiger partial charge in [0.15, 0.2) is 0 Å². The normalized spacial score (nSPS) is 19.6. The number of hydrogen-bond acceptors (Lipinski definition) is 2. The van der Waals surface area contributed by atoms with E-state index in [0.717, 1.165) is 6.54 Å². The molecule has 0 aromatic heterocycles. The highest BCUT2D eigenvalue weighted by atomic mass is 15.2. The lowest BCUT2D eigenvalue weighted by molar-refractivity contribution is 0.482. The van der Waals surface area contributed by atoms with Crippen LogP contribution in [0.2, 0.25) is 0 Å². The quantitative estimate of drug-likeness (QED) is 0.778. The lowest BCUT2D eigenvalue weighted by Crippen LogP contribution is -2.45. The van der Waals surface area contributed by atoms with Crippen LogP contribution in [0.5, 0.6) is 0 Å². The van der Waals surface area contributed by atoms with Crippen LogP contribution in [0.15, 0.2) is 12.1 Å². The highest BCUT2D eigenvalue weighted by molar-refractivity contribution is 5.76. The third-order valence-corrected chi connectivity index (χ3v) is 3.59. The average Bonchev–Trinajstić information content (AvgIpc) is 2.19. The highest BCUT2D eigenvalue weighted by Gasteiger charge is 2.26. The summed E-state index contributed by atoms with van der Waals surface area (Å²) in [6.07, 6.45) is 0. The minimum absolute atomic E-state index is 0.591. The zero-order chi connectivity index (χ0) is 11.9. The maximum absolute atomic E-state index is 3.58. The Balaban J connectivity index is 2.44. The van der Waals surface area contributed by atoms with Crippen LogP contribution in [-0.4, -0.2) is 19.6 Å². The molecular weight excluding hydrogens is 196 g/mol. The molecule has 1 heterocycles. The Hall–Kier alpha value is -1.18. The average molecular weight is 218 g/mol. The molecule has 0 amide bonds. The summed E-state index contributed by atoms with van der Waals surface area (Å²) in [5.74, 6) is 0.673. The summed E-state index contributed by atoms with van der Waals surface area (Å²) >= 11 is 0. The SMILES string of the molecule is Cc1cc(C)c2c(c1)N(C)C(C(C)C)CN2. The number of rotatable bonds is 1. The highest BCUT2D eigenvalue weighted by Crippen LogP contribution is 2.35. The number of aryl methyl sites for hydroxylation is 2. The molecule has 1 aliphatic heterocycles. The molecule has 1 unspecified atom stereocenters. The smallest absolute Gasteiger partial charge is 0.0608 e. The Labute approximate surface area is 98.7 Å². The number of benzene rings is 1. The number of nitrogens with one attached hydrogen (secondary N) is 1. The van der Waals surface area contributed by atoms with Gasteiger partial charge >= 0.3 is 0 Å². The van der Waals surface area contributed by atoms with Gasteiger partial charge < -0.3 is 10.2 Å². The Morgan fingerprint density at radius 2 is 2.00 bits per heavy atom. The van der Waals surface area contributed by atoms with Crippen molar-refractivity contribution in [2.75, 3.05) is 23.8 Å². The number of anilines is 2. The standard InChI is InChI=1S/C14H22N2/c1-9(2)13-8-15-14-11(4)6-10(3)7-12(14)16(13)5/h6-7,9,13,15H,8H2,1-5H3. The fourth-order valence-corrected chi connectivity index (χ4v) is 2.66. The van der Waals surface area contributed by atoms with E-state index in [9.17, 15) is 0 Å². The minimum atomic E-state index is 0.591. The molecule has 1 aromatic carbocycles. The maximum Gasteiger partial charge on any atom is 0.0608 e. The van der Waals surface area contributed by atoms with Gasteiger partial charge in [-0.05, 0) is 37.0 Å². The van der Waals surface area contributed by atoms with Crippen LogP contribution >= 0.6 is 0 Å². The van der Waals surface area contributed by atoms with Crippen molar-refractivity contribution in [3.05, 3.63) is 23.3 Å². The molecule has 1 aromatic rings. The van der Waals surface area contributed by atoms with Crippen LogP contribution in [0.25, 0.3) is 0 Å². The van der Waals surface area contributed by atoms with Gasteiger partial charge in [0, 0.05) is 19.6 Å². The molecule has 2 heteroatoms. The first-order chi connectivity index (χ1) is 7.50. The largest absolute Gasteiger partial charge is 0.381 e. The molecule has 0 bridgehead atoms. The second-order valence-electron chi connectivity index (χ2n) is 5.28. The molecule has 0 radical (unpaired) electrons. The van der Waals surface area contributed by atoms with Gasteiger partial charge in [-0.15, -0.1) is 0 Å². The Morgan fingerprint density at radius 3 is 2.62 bits per heavy atom. The Morgan fingerprint density at radius 1 is 1.31 bits per heavy atom. The Kier molecular flexibility index (Phi) is 2.83. The van der Waals surface area contributed by atoms with Crippen LogP contribution < -0.4 is 10.2 Å². The van der Waals surface area contributed by atoms with E-state index in [4.69, 9.17) is 0 Å². The van der Waals surface area contributed by atoms with Gasteiger partial charge in [0.1, 0.15) is 0 Å². The second-order valence-corrected chi connectivity index (χ2v) is 5.28. The molecule has 1 atom stereocenters. The molecule has 1 aliphatic rings. The van der Waals surface area contributed by atoms with Crippen LogP contribution in [0.3, 0.4) is 0 Å². The van der Waals surface area contributed by atoms with E-state index in [2.05, 4.69) is 57.1 Å². The Bertz CT molecular complexity index is 396. The number of nitrogens with zero attached hydrogens (tertiary/aromatic N) is 1. The molecular formula is C14H22N2. The zero-order valence-electron chi connectivity index (χ0n) is 11.0. The van der Waals surface area contributed by atoms with E-state index in [1.54, 1.807) is 0 Å².